The zero-order valence-corrected chi connectivity index (χ0v) is 17.6. The number of esters is 2. The van der Waals surface area contributed by atoms with E-state index in [1.165, 1.54) is 11.3 Å². The van der Waals surface area contributed by atoms with E-state index >= 15 is 0 Å². The van der Waals surface area contributed by atoms with Gasteiger partial charge in [0.25, 0.3) is 5.91 Å². The molecule has 1 N–H and O–H groups in total. The zero-order chi connectivity index (χ0) is 21.2. The van der Waals surface area contributed by atoms with Gasteiger partial charge in [-0.1, -0.05) is 18.2 Å². The number of hydrogen-bond donors (Lipinski definition) is 1. The lowest BCUT2D eigenvalue weighted by atomic mass is 10.1. The van der Waals surface area contributed by atoms with E-state index in [0.29, 0.717) is 23.6 Å². The quantitative estimate of drug-likeness (QED) is 0.464. The van der Waals surface area contributed by atoms with Gasteiger partial charge in [0.1, 0.15) is 10.8 Å². The molecule has 2 rings (SSSR count). The number of thiophene rings is 1. The van der Waals surface area contributed by atoms with Crippen molar-refractivity contribution in [2.45, 2.75) is 33.6 Å². The fourth-order valence-corrected chi connectivity index (χ4v) is 3.53. The van der Waals surface area contributed by atoms with Crippen LogP contribution < -0.4 is 10.1 Å². The number of carbonyl (C=O) groups is 3. The second-order valence-electron chi connectivity index (χ2n) is 6.18. The Hall–Kier alpha value is -2.87. The van der Waals surface area contributed by atoms with Crippen molar-refractivity contribution in [1.29, 1.82) is 0 Å². The van der Waals surface area contributed by atoms with Crippen molar-refractivity contribution in [3.63, 3.8) is 0 Å². The van der Waals surface area contributed by atoms with Crippen LogP contribution in [-0.2, 0) is 19.1 Å². The normalized spacial score (nSPS) is 10.3. The second kappa shape index (κ2) is 11.2. The molecule has 0 aliphatic rings. The Kier molecular flexibility index (Phi) is 8.67. The van der Waals surface area contributed by atoms with Crippen LogP contribution in [0.1, 0.15) is 40.6 Å². The highest BCUT2D eigenvalue weighted by atomic mass is 32.1. The van der Waals surface area contributed by atoms with E-state index in [0.717, 1.165) is 16.2 Å². The molecule has 156 valence electrons. The molecule has 29 heavy (non-hydrogen) atoms. The Morgan fingerprint density at radius 1 is 1.07 bits per heavy atom. The highest BCUT2D eigenvalue weighted by molar-refractivity contribution is 7.16. The molecule has 2 aromatic rings. The van der Waals surface area contributed by atoms with Gasteiger partial charge in [-0.25, -0.2) is 4.79 Å². The molecule has 0 aliphatic heterocycles. The van der Waals surface area contributed by atoms with Crippen LogP contribution in [0.3, 0.4) is 0 Å². The fourth-order valence-electron chi connectivity index (χ4n) is 2.47. The first kappa shape index (κ1) is 22.4. The molecule has 0 spiro atoms. The molecule has 0 saturated carbocycles. The third-order valence-corrected chi connectivity index (χ3v) is 5.14. The summed E-state index contributed by atoms with van der Waals surface area (Å²) >= 11 is 1.28. The molecular formula is C21H25NO6S. The first-order valence-electron chi connectivity index (χ1n) is 9.32. The molecule has 0 bridgehead atoms. The number of nitrogens with one attached hydrogen (secondary N) is 1. The van der Waals surface area contributed by atoms with Crippen LogP contribution in [-0.4, -0.2) is 37.7 Å². The average molecular weight is 419 g/mol. The lowest BCUT2D eigenvalue weighted by Gasteiger charge is -2.08. The van der Waals surface area contributed by atoms with E-state index in [1.807, 2.05) is 37.3 Å². The Labute approximate surface area is 174 Å². The predicted octanol–water partition coefficient (Wildman–Crippen LogP) is 3.88. The maximum absolute atomic E-state index is 12.1. The van der Waals surface area contributed by atoms with E-state index in [1.54, 1.807) is 13.8 Å². The molecule has 1 amide bonds. The summed E-state index contributed by atoms with van der Waals surface area (Å²) in [5, 5.41) is 3.03. The second-order valence-corrected chi connectivity index (χ2v) is 7.41. The molecule has 1 aromatic heterocycles. The van der Waals surface area contributed by atoms with Crippen molar-refractivity contribution in [3.05, 3.63) is 46.3 Å². The Morgan fingerprint density at radius 2 is 1.79 bits per heavy atom. The third-order valence-electron chi connectivity index (χ3n) is 4.02. The topological polar surface area (TPSA) is 90.9 Å². The summed E-state index contributed by atoms with van der Waals surface area (Å²) in [4.78, 5) is 37.0. The molecule has 1 aromatic carbocycles. The molecular weight excluding hydrogens is 394 g/mol. The van der Waals surface area contributed by atoms with Crippen LogP contribution >= 0.6 is 11.3 Å². The molecule has 0 radical (unpaired) electrons. The van der Waals surface area contributed by atoms with E-state index < -0.39 is 24.5 Å². The van der Waals surface area contributed by atoms with Crippen LogP contribution in [0.2, 0.25) is 0 Å². The first-order chi connectivity index (χ1) is 13.9. The van der Waals surface area contributed by atoms with Crippen LogP contribution in [0.25, 0.3) is 0 Å². The number of aryl methyl sites for hydroxylation is 1. The standard InChI is InChI=1S/C21H25NO6S/c1-4-26-21(25)19-14(2)15(3)29-20(19)22-17(23)13-28-18(24)11-8-12-27-16-9-6-5-7-10-16/h5-7,9-10H,4,8,11-13H2,1-3H3,(H,22,23). The molecule has 0 unspecified atom stereocenters. The summed E-state index contributed by atoms with van der Waals surface area (Å²) in [7, 11) is 0. The summed E-state index contributed by atoms with van der Waals surface area (Å²) in [6.07, 6.45) is 0.622. The SMILES string of the molecule is CCOC(=O)c1c(NC(=O)COC(=O)CCCOc2ccccc2)sc(C)c1C. The first-order valence-corrected chi connectivity index (χ1v) is 10.1. The number of ether oxygens (including phenoxy) is 3. The smallest absolute Gasteiger partial charge is 0.341 e. The highest BCUT2D eigenvalue weighted by Gasteiger charge is 2.22. The van der Waals surface area contributed by atoms with Gasteiger partial charge < -0.3 is 19.5 Å². The van der Waals surface area contributed by atoms with Gasteiger partial charge in [0.05, 0.1) is 18.8 Å². The van der Waals surface area contributed by atoms with Gasteiger partial charge in [-0.15, -0.1) is 11.3 Å². The number of carbonyl (C=O) groups excluding carboxylic acids is 3. The largest absolute Gasteiger partial charge is 0.494 e. The summed E-state index contributed by atoms with van der Waals surface area (Å²) in [5.41, 5.74) is 1.10. The fraction of sp³-hybridized carbons (Fsp3) is 0.381. The predicted molar refractivity (Wildman–Crippen MR) is 111 cm³/mol. The van der Waals surface area contributed by atoms with Gasteiger partial charge in [-0.05, 0) is 44.9 Å². The summed E-state index contributed by atoms with van der Waals surface area (Å²) < 4.78 is 15.5. The Morgan fingerprint density at radius 3 is 2.48 bits per heavy atom. The number of anilines is 1. The molecule has 7 nitrogen and oxygen atoms in total. The van der Waals surface area contributed by atoms with Crippen LogP contribution in [0.4, 0.5) is 5.00 Å². The average Bonchev–Trinajstić information content (AvgIpc) is 2.98. The highest BCUT2D eigenvalue weighted by Crippen LogP contribution is 2.33. The summed E-state index contributed by atoms with van der Waals surface area (Å²) in [6, 6.07) is 9.30. The lowest BCUT2D eigenvalue weighted by molar-refractivity contribution is -0.147. The van der Waals surface area contributed by atoms with E-state index in [2.05, 4.69) is 5.32 Å². The lowest BCUT2D eigenvalue weighted by Crippen LogP contribution is -2.22. The molecule has 0 aliphatic carbocycles. The minimum Gasteiger partial charge on any atom is -0.494 e. The Balaban J connectivity index is 1.76. The molecule has 0 saturated heterocycles. The van der Waals surface area contributed by atoms with Crippen LogP contribution in [0.5, 0.6) is 5.75 Å². The molecule has 8 heteroatoms. The molecule has 0 fully saturated rings. The number of para-hydroxylation sites is 1. The monoisotopic (exact) mass is 419 g/mol. The maximum Gasteiger partial charge on any atom is 0.341 e. The van der Waals surface area contributed by atoms with E-state index in [4.69, 9.17) is 14.2 Å². The van der Waals surface area contributed by atoms with E-state index in [-0.39, 0.29) is 13.0 Å². The van der Waals surface area contributed by atoms with Crippen molar-refractivity contribution in [3.8, 4) is 5.75 Å². The summed E-state index contributed by atoms with van der Waals surface area (Å²) in [5.74, 6) is -0.745. The number of benzene rings is 1. The van der Waals surface area contributed by atoms with Crippen LogP contribution in [0, 0.1) is 13.8 Å². The van der Waals surface area contributed by atoms with Crippen molar-refractivity contribution in [2.24, 2.45) is 0 Å². The minimum absolute atomic E-state index is 0.144. The van der Waals surface area contributed by atoms with Crippen molar-refractivity contribution in [2.75, 3.05) is 25.1 Å². The van der Waals surface area contributed by atoms with Gasteiger partial charge in [0.15, 0.2) is 6.61 Å². The van der Waals surface area contributed by atoms with Crippen molar-refractivity contribution in [1.82, 2.24) is 0 Å². The Bertz CT molecular complexity index is 846. The van der Waals surface area contributed by atoms with Gasteiger partial charge in [-0.3, -0.25) is 9.59 Å². The third kappa shape index (κ3) is 6.90. The van der Waals surface area contributed by atoms with Gasteiger partial charge >= 0.3 is 11.9 Å². The van der Waals surface area contributed by atoms with E-state index in [9.17, 15) is 14.4 Å². The zero-order valence-electron chi connectivity index (χ0n) is 16.8. The number of amides is 1. The summed E-state index contributed by atoms with van der Waals surface area (Å²) in [6.45, 7) is 5.57. The van der Waals surface area contributed by atoms with Crippen molar-refractivity contribution >= 4 is 34.2 Å². The van der Waals surface area contributed by atoms with Gasteiger partial charge in [0.2, 0.25) is 0 Å². The number of rotatable bonds is 10. The maximum atomic E-state index is 12.1. The molecule has 1 heterocycles. The minimum atomic E-state index is -0.509. The van der Waals surface area contributed by atoms with Crippen LogP contribution in [0.15, 0.2) is 30.3 Å². The number of hydrogen-bond acceptors (Lipinski definition) is 7. The van der Waals surface area contributed by atoms with Gasteiger partial charge in [-0.2, -0.15) is 0 Å². The van der Waals surface area contributed by atoms with Crippen molar-refractivity contribution < 1.29 is 28.6 Å². The molecule has 0 atom stereocenters. The van der Waals surface area contributed by atoms with Gasteiger partial charge in [0, 0.05) is 11.3 Å².